The van der Waals surface area contributed by atoms with Gasteiger partial charge in [-0.3, -0.25) is 0 Å². The number of nitrogens with zero attached hydrogens (tertiary/aromatic N) is 1. The number of fused-ring (bicyclic) bond motifs is 1. The first-order chi connectivity index (χ1) is 9.32. The summed E-state index contributed by atoms with van der Waals surface area (Å²) in [5.41, 5.74) is 1.02. The number of hydrogen-bond donors (Lipinski definition) is 1. The molecule has 0 atom stereocenters. The molecule has 20 heavy (non-hydrogen) atoms. The average Bonchev–Trinajstić information content (AvgIpc) is 2.34. The summed E-state index contributed by atoms with van der Waals surface area (Å²) >= 11 is 0. The predicted molar refractivity (Wildman–Crippen MR) is 79.1 cm³/mol. The van der Waals surface area contributed by atoms with Crippen LogP contribution in [0.5, 0.6) is 0 Å². The minimum atomic E-state index is -0.625. The summed E-state index contributed by atoms with van der Waals surface area (Å²) in [4.78, 5) is 4.37. The largest absolute Gasteiger partial charge is 0.370 e. The van der Waals surface area contributed by atoms with E-state index in [1.54, 1.807) is 0 Å². The summed E-state index contributed by atoms with van der Waals surface area (Å²) in [6, 6.07) is 4.02. The van der Waals surface area contributed by atoms with Gasteiger partial charge in [-0.2, -0.15) is 0 Å². The van der Waals surface area contributed by atoms with Crippen molar-refractivity contribution in [2.75, 3.05) is 11.9 Å². The molecular weight excluding hydrogens is 258 g/mol. The minimum absolute atomic E-state index is 0.153. The van der Waals surface area contributed by atoms with Crippen molar-refractivity contribution in [2.24, 2.45) is 0 Å². The fourth-order valence-electron chi connectivity index (χ4n) is 2.16. The lowest BCUT2D eigenvalue weighted by atomic mass is 9.86. The Bertz CT molecular complexity index is 630. The number of anilines is 1. The van der Waals surface area contributed by atoms with E-state index >= 15 is 0 Å². The Kier molecular flexibility index (Phi) is 3.93. The highest BCUT2D eigenvalue weighted by molar-refractivity contribution is 5.82. The maximum atomic E-state index is 13.8. The first-order valence-corrected chi connectivity index (χ1v) is 6.87. The van der Waals surface area contributed by atoms with E-state index in [0.29, 0.717) is 11.2 Å². The van der Waals surface area contributed by atoms with Gasteiger partial charge in [-0.1, -0.05) is 27.7 Å². The third-order valence-corrected chi connectivity index (χ3v) is 3.19. The van der Waals surface area contributed by atoms with Crippen molar-refractivity contribution in [1.82, 2.24) is 4.98 Å². The lowest BCUT2D eigenvalue weighted by molar-refractivity contribution is 0.583. The van der Waals surface area contributed by atoms with Crippen molar-refractivity contribution < 1.29 is 8.78 Å². The number of nitrogens with one attached hydrogen (secondary N) is 1. The van der Waals surface area contributed by atoms with Crippen LogP contribution in [0.25, 0.3) is 10.9 Å². The molecule has 0 fully saturated rings. The van der Waals surface area contributed by atoms with E-state index in [1.165, 1.54) is 6.07 Å². The van der Waals surface area contributed by atoms with Crippen molar-refractivity contribution in [2.45, 2.75) is 39.5 Å². The molecule has 108 valence electrons. The number of aromatic nitrogens is 1. The van der Waals surface area contributed by atoms with E-state index in [2.05, 4.69) is 38.0 Å². The Labute approximate surface area is 118 Å². The molecule has 0 radical (unpaired) electrons. The summed E-state index contributed by atoms with van der Waals surface area (Å²) in [6.07, 6.45) is 0.954. The van der Waals surface area contributed by atoms with E-state index in [0.717, 1.165) is 24.6 Å². The van der Waals surface area contributed by atoms with Gasteiger partial charge in [-0.15, -0.1) is 0 Å². The van der Waals surface area contributed by atoms with Crippen LogP contribution in [0.1, 0.15) is 39.7 Å². The maximum Gasteiger partial charge on any atom is 0.152 e. The van der Waals surface area contributed by atoms with Crippen molar-refractivity contribution in [3.8, 4) is 0 Å². The smallest absolute Gasteiger partial charge is 0.152 e. The van der Waals surface area contributed by atoms with Crippen LogP contribution in [-0.4, -0.2) is 11.5 Å². The number of hydrogen-bond acceptors (Lipinski definition) is 2. The third kappa shape index (κ3) is 2.89. The van der Waals surface area contributed by atoms with Crippen molar-refractivity contribution in [3.05, 3.63) is 35.4 Å². The maximum absolute atomic E-state index is 13.8. The summed E-state index contributed by atoms with van der Waals surface area (Å²) in [7, 11) is 0. The Morgan fingerprint density at radius 3 is 2.45 bits per heavy atom. The molecule has 1 aromatic heterocycles. The van der Waals surface area contributed by atoms with Gasteiger partial charge in [0.15, 0.2) is 5.82 Å². The normalized spacial score (nSPS) is 11.9. The average molecular weight is 278 g/mol. The summed E-state index contributed by atoms with van der Waals surface area (Å²) in [5, 5.41) is 3.73. The second-order valence-corrected chi connectivity index (χ2v) is 6.02. The molecule has 1 heterocycles. The van der Waals surface area contributed by atoms with Crippen LogP contribution in [-0.2, 0) is 5.41 Å². The van der Waals surface area contributed by atoms with E-state index in [9.17, 15) is 8.78 Å². The van der Waals surface area contributed by atoms with Gasteiger partial charge < -0.3 is 5.32 Å². The lowest BCUT2D eigenvalue weighted by Gasteiger charge is -2.23. The number of benzene rings is 1. The first kappa shape index (κ1) is 14.7. The fourth-order valence-corrected chi connectivity index (χ4v) is 2.16. The molecule has 0 aliphatic rings. The number of rotatable bonds is 3. The van der Waals surface area contributed by atoms with Crippen LogP contribution < -0.4 is 5.32 Å². The monoisotopic (exact) mass is 278 g/mol. The van der Waals surface area contributed by atoms with Gasteiger partial charge in [-0.05, 0) is 24.0 Å². The van der Waals surface area contributed by atoms with Gasteiger partial charge in [0.05, 0.1) is 0 Å². The van der Waals surface area contributed by atoms with Gasteiger partial charge in [0.2, 0.25) is 0 Å². The quantitative estimate of drug-likeness (QED) is 0.885. The molecule has 2 rings (SSSR count). The van der Waals surface area contributed by atoms with Crippen LogP contribution in [0.3, 0.4) is 0 Å². The zero-order valence-corrected chi connectivity index (χ0v) is 12.3. The van der Waals surface area contributed by atoms with Crippen LogP contribution in [0.2, 0.25) is 0 Å². The molecule has 0 aliphatic heterocycles. The van der Waals surface area contributed by atoms with E-state index in [-0.39, 0.29) is 10.9 Å². The Balaban J connectivity index is 2.68. The van der Waals surface area contributed by atoms with Gasteiger partial charge in [0.1, 0.15) is 17.2 Å². The van der Waals surface area contributed by atoms with Crippen LogP contribution >= 0.6 is 0 Å². The minimum Gasteiger partial charge on any atom is -0.370 e. The molecule has 0 saturated heterocycles. The molecule has 2 nitrogen and oxygen atoms in total. The van der Waals surface area contributed by atoms with Gasteiger partial charge in [0, 0.05) is 23.6 Å². The predicted octanol–water partition coefficient (Wildman–Crippen LogP) is 4.63. The van der Waals surface area contributed by atoms with Crippen LogP contribution in [0.15, 0.2) is 18.2 Å². The third-order valence-electron chi connectivity index (χ3n) is 3.19. The van der Waals surface area contributed by atoms with Crippen LogP contribution in [0, 0.1) is 11.6 Å². The molecule has 0 unspecified atom stereocenters. The molecule has 0 saturated carbocycles. The molecule has 0 amide bonds. The molecule has 0 bridgehead atoms. The second-order valence-electron chi connectivity index (χ2n) is 6.02. The summed E-state index contributed by atoms with van der Waals surface area (Å²) in [5.74, 6) is -0.525. The second kappa shape index (κ2) is 5.35. The van der Waals surface area contributed by atoms with Crippen molar-refractivity contribution in [3.63, 3.8) is 0 Å². The Morgan fingerprint density at radius 2 is 1.85 bits per heavy atom. The Morgan fingerprint density at radius 1 is 1.15 bits per heavy atom. The highest BCUT2D eigenvalue weighted by Crippen LogP contribution is 2.32. The van der Waals surface area contributed by atoms with Crippen molar-refractivity contribution >= 4 is 16.7 Å². The van der Waals surface area contributed by atoms with Gasteiger partial charge >= 0.3 is 0 Å². The standard InChI is InChI=1S/C16H20F2N2/c1-5-6-19-15-12(16(2,3)4)8-10-7-11(17)9-13(18)14(10)20-15/h7-9H,5-6H2,1-4H3,(H,19,20). The highest BCUT2D eigenvalue weighted by atomic mass is 19.1. The van der Waals surface area contributed by atoms with Crippen LogP contribution in [0.4, 0.5) is 14.6 Å². The van der Waals surface area contributed by atoms with E-state index < -0.39 is 11.6 Å². The molecule has 1 aromatic carbocycles. The number of halogens is 2. The first-order valence-electron chi connectivity index (χ1n) is 6.87. The SMILES string of the molecule is CCCNc1nc2c(F)cc(F)cc2cc1C(C)(C)C. The molecule has 0 aliphatic carbocycles. The molecule has 1 N–H and O–H groups in total. The molecule has 2 aromatic rings. The summed E-state index contributed by atoms with van der Waals surface area (Å²) < 4.78 is 27.2. The summed E-state index contributed by atoms with van der Waals surface area (Å²) in [6.45, 7) is 9.00. The van der Waals surface area contributed by atoms with Gasteiger partial charge in [-0.25, -0.2) is 13.8 Å². The fraction of sp³-hybridized carbons (Fsp3) is 0.438. The number of pyridine rings is 1. The zero-order valence-electron chi connectivity index (χ0n) is 12.3. The lowest BCUT2D eigenvalue weighted by Crippen LogP contribution is -2.17. The van der Waals surface area contributed by atoms with Crippen molar-refractivity contribution in [1.29, 1.82) is 0 Å². The zero-order chi connectivity index (χ0) is 14.9. The molecule has 4 heteroatoms. The van der Waals surface area contributed by atoms with Gasteiger partial charge in [0.25, 0.3) is 0 Å². The topological polar surface area (TPSA) is 24.9 Å². The van der Waals surface area contributed by atoms with E-state index in [4.69, 9.17) is 0 Å². The van der Waals surface area contributed by atoms with E-state index in [1.807, 2.05) is 6.07 Å². The molecule has 0 spiro atoms. The Hall–Kier alpha value is -1.71. The molecular formula is C16H20F2N2. The highest BCUT2D eigenvalue weighted by Gasteiger charge is 2.21.